The predicted molar refractivity (Wildman–Crippen MR) is 97.7 cm³/mol. The first-order valence-corrected chi connectivity index (χ1v) is 9.68. The molecule has 0 spiro atoms. The molecule has 1 fully saturated rings. The molecule has 0 saturated carbocycles. The molecule has 0 amide bonds. The van der Waals surface area contributed by atoms with E-state index in [0.717, 1.165) is 38.3 Å². The molecule has 0 aliphatic carbocycles. The van der Waals surface area contributed by atoms with E-state index in [2.05, 4.69) is 24.0 Å². The number of hydrogen-bond donors (Lipinski definition) is 1. The van der Waals surface area contributed by atoms with E-state index in [-0.39, 0.29) is 6.10 Å². The molecule has 138 valence electrons. The third-order valence-electron chi connectivity index (χ3n) is 4.26. The van der Waals surface area contributed by atoms with E-state index in [9.17, 15) is 5.11 Å². The Labute approximate surface area is 153 Å². The third-order valence-corrected chi connectivity index (χ3v) is 5.25. The Kier molecular flexibility index (Phi) is 7.07. The van der Waals surface area contributed by atoms with Crippen molar-refractivity contribution in [2.45, 2.75) is 45.1 Å². The molecule has 5 nitrogen and oxygen atoms in total. The van der Waals surface area contributed by atoms with Crippen molar-refractivity contribution < 1.29 is 19.0 Å². The summed E-state index contributed by atoms with van der Waals surface area (Å²) in [6.07, 6.45) is 3.60. The van der Waals surface area contributed by atoms with Crippen LogP contribution in [0.15, 0.2) is 34.9 Å². The van der Waals surface area contributed by atoms with Gasteiger partial charge < -0.3 is 19.0 Å². The maximum Gasteiger partial charge on any atom is 0.129 e. The van der Waals surface area contributed by atoms with E-state index in [1.54, 1.807) is 6.26 Å². The molecule has 0 bridgehead atoms. The lowest BCUT2D eigenvalue weighted by Crippen LogP contribution is -2.38. The summed E-state index contributed by atoms with van der Waals surface area (Å²) in [6.45, 7) is 5.93. The van der Waals surface area contributed by atoms with E-state index in [1.807, 2.05) is 23.5 Å². The fourth-order valence-corrected chi connectivity index (χ4v) is 4.04. The Hall–Kier alpha value is -1.18. The number of hydrogen-bond acceptors (Lipinski definition) is 6. The smallest absolute Gasteiger partial charge is 0.129 e. The van der Waals surface area contributed by atoms with Crippen LogP contribution in [0.25, 0.3) is 0 Å². The van der Waals surface area contributed by atoms with Gasteiger partial charge in [-0.05, 0) is 44.0 Å². The molecule has 1 N–H and O–H groups in total. The van der Waals surface area contributed by atoms with Crippen LogP contribution in [0.2, 0.25) is 0 Å². The van der Waals surface area contributed by atoms with Crippen molar-refractivity contribution in [1.82, 2.24) is 4.90 Å². The second kappa shape index (κ2) is 9.50. The molecule has 1 saturated heterocycles. The van der Waals surface area contributed by atoms with Gasteiger partial charge in [0.1, 0.15) is 12.4 Å². The van der Waals surface area contributed by atoms with Gasteiger partial charge in [-0.2, -0.15) is 0 Å². The van der Waals surface area contributed by atoms with Crippen molar-refractivity contribution in [2.75, 3.05) is 26.3 Å². The molecule has 3 rings (SSSR count). The summed E-state index contributed by atoms with van der Waals surface area (Å²) >= 11 is 1.81. The number of aliphatic hydroxyl groups is 1. The topological polar surface area (TPSA) is 55.1 Å². The zero-order valence-corrected chi connectivity index (χ0v) is 15.5. The molecular weight excluding hydrogens is 338 g/mol. The molecule has 1 aliphatic heterocycles. The zero-order chi connectivity index (χ0) is 17.5. The lowest BCUT2D eigenvalue weighted by Gasteiger charge is -2.27. The Morgan fingerprint density at radius 2 is 2.32 bits per heavy atom. The molecule has 2 aromatic heterocycles. The minimum Gasteiger partial charge on any atom is -0.467 e. The van der Waals surface area contributed by atoms with Gasteiger partial charge in [0, 0.05) is 36.0 Å². The summed E-state index contributed by atoms with van der Waals surface area (Å²) in [5.74, 6) is 0.775. The van der Waals surface area contributed by atoms with Crippen molar-refractivity contribution >= 4 is 11.3 Å². The summed E-state index contributed by atoms with van der Waals surface area (Å²) in [5, 5.41) is 10.4. The minimum absolute atomic E-state index is 0.275. The average Bonchev–Trinajstić information content (AvgIpc) is 3.31. The number of aryl methyl sites for hydroxylation is 1. The Morgan fingerprint density at radius 1 is 1.40 bits per heavy atom. The Balaban J connectivity index is 1.48. The number of furan rings is 1. The number of ether oxygens (including phenoxy) is 2. The molecule has 0 radical (unpaired) electrons. The first-order chi connectivity index (χ1) is 12.2. The Morgan fingerprint density at radius 3 is 3.00 bits per heavy atom. The maximum atomic E-state index is 10.4. The van der Waals surface area contributed by atoms with Crippen molar-refractivity contribution in [3.63, 3.8) is 0 Å². The van der Waals surface area contributed by atoms with Gasteiger partial charge in [0.2, 0.25) is 0 Å². The van der Waals surface area contributed by atoms with Crippen LogP contribution >= 0.6 is 11.3 Å². The van der Waals surface area contributed by atoms with E-state index in [0.29, 0.717) is 19.8 Å². The van der Waals surface area contributed by atoms with Gasteiger partial charge in [-0.25, -0.2) is 0 Å². The van der Waals surface area contributed by atoms with Crippen LogP contribution in [0.4, 0.5) is 0 Å². The van der Waals surface area contributed by atoms with Crippen LogP contribution < -0.4 is 0 Å². The van der Waals surface area contributed by atoms with Gasteiger partial charge in [-0.3, -0.25) is 4.90 Å². The SMILES string of the molecule is Cc1ccc(CN(C[C@H](O)COCc2ccco2)C[C@@H]2CCCO2)s1. The second-order valence-electron chi connectivity index (χ2n) is 6.59. The lowest BCUT2D eigenvalue weighted by atomic mass is 10.2. The number of rotatable bonds is 10. The highest BCUT2D eigenvalue weighted by atomic mass is 32.1. The molecule has 2 atom stereocenters. The van der Waals surface area contributed by atoms with Crippen LogP contribution in [-0.4, -0.2) is 48.5 Å². The molecule has 2 aromatic rings. The molecular formula is C19H27NO4S. The first-order valence-electron chi connectivity index (χ1n) is 8.86. The van der Waals surface area contributed by atoms with E-state index >= 15 is 0 Å². The van der Waals surface area contributed by atoms with Crippen LogP contribution in [0.5, 0.6) is 0 Å². The number of nitrogens with zero attached hydrogens (tertiary/aromatic N) is 1. The normalized spacial score (nSPS) is 18.9. The van der Waals surface area contributed by atoms with Gasteiger partial charge in [0.25, 0.3) is 0 Å². The van der Waals surface area contributed by atoms with Gasteiger partial charge in [-0.15, -0.1) is 11.3 Å². The van der Waals surface area contributed by atoms with E-state index < -0.39 is 6.10 Å². The first kappa shape index (κ1) is 18.6. The largest absolute Gasteiger partial charge is 0.467 e. The van der Waals surface area contributed by atoms with E-state index in [1.165, 1.54) is 9.75 Å². The highest BCUT2D eigenvalue weighted by Gasteiger charge is 2.21. The van der Waals surface area contributed by atoms with Crippen molar-refractivity contribution in [2.24, 2.45) is 0 Å². The summed E-state index contributed by atoms with van der Waals surface area (Å²) < 4.78 is 16.6. The van der Waals surface area contributed by atoms with Crippen LogP contribution in [0.1, 0.15) is 28.4 Å². The van der Waals surface area contributed by atoms with Gasteiger partial charge in [0.05, 0.1) is 25.1 Å². The lowest BCUT2D eigenvalue weighted by molar-refractivity contribution is -0.00616. The van der Waals surface area contributed by atoms with Crippen LogP contribution in [0, 0.1) is 6.92 Å². The highest BCUT2D eigenvalue weighted by Crippen LogP contribution is 2.20. The molecule has 0 aromatic carbocycles. The van der Waals surface area contributed by atoms with Gasteiger partial charge in [0.15, 0.2) is 0 Å². The summed E-state index contributed by atoms with van der Waals surface area (Å²) in [7, 11) is 0. The second-order valence-corrected chi connectivity index (χ2v) is 7.96. The van der Waals surface area contributed by atoms with E-state index in [4.69, 9.17) is 13.9 Å². The molecule has 25 heavy (non-hydrogen) atoms. The molecule has 1 aliphatic rings. The fourth-order valence-electron chi connectivity index (χ4n) is 3.11. The monoisotopic (exact) mass is 365 g/mol. The average molecular weight is 365 g/mol. The number of aliphatic hydroxyl groups excluding tert-OH is 1. The third kappa shape index (κ3) is 6.24. The molecule has 3 heterocycles. The zero-order valence-electron chi connectivity index (χ0n) is 14.7. The van der Waals surface area contributed by atoms with Crippen molar-refractivity contribution in [3.8, 4) is 0 Å². The highest BCUT2D eigenvalue weighted by molar-refractivity contribution is 7.11. The minimum atomic E-state index is -0.530. The molecule has 0 unspecified atom stereocenters. The standard InChI is InChI=1S/C19H27NO4S/c1-15-6-7-19(25-15)12-20(11-17-4-2-8-23-17)10-16(21)13-22-14-18-5-3-9-24-18/h3,5-7,9,16-17,21H,2,4,8,10-14H2,1H3/t16-,17-/m0/s1. The summed E-state index contributed by atoms with van der Waals surface area (Å²) in [6, 6.07) is 8.02. The fraction of sp³-hybridized carbons (Fsp3) is 0.579. The van der Waals surface area contributed by atoms with Gasteiger partial charge >= 0.3 is 0 Å². The number of thiophene rings is 1. The quantitative estimate of drug-likeness (QED) is 0.701. The van der Waals surface area contributed by atoms with Crippen molar-refractivity contribution in [3.05, 3.63) is 46.0 Å². The van der Waals surface area contributed by atoms with Gasteiger partial charge in [-0.1, -0.05) is 0 Å². The van der Waals surface area contributed by atoms with Crippen molar-refractivity contribution in [1.29, 1.82) is 0 Å². The summed E-state index contributed by atoms with van der Waals surface area (Å²) in [5.41, 5.74) is 0. The predicted octanol–water partition coefficient (Wildman–Crippen LogP) is 3.21. The Bertz CT molecular complexity index is 607. The molecule has 6 heteroatoms. The van der Waals surface area contributed by atoms with Crippen LogP contribution in [0.3, 0.4) is 0 Å². The summed E-state index contributed by atoms with van der Waals surface area (Å²) in [4.78, 5) is 4.91. The van der Waals surface area contributed by atoms with Crippen LogP contribution in [-0.2, 0) is 22.6 Å². The maximum absolute atomic E-state index is 10.4.